The molecule has 0 aliphatic rings. The highest BCUT2D eigenvalue weighted by molar-refractivity contribution is 7.99. The minimum atomic E-state index is -0.303. The van der Waals surface area contributed by atoms with Crippen LogP contribution in [0.5, 0.6) is 0 Å². The smallest absolute Gasteiger partial charge is 0.252 e. The number of carbonyl (C=O) groups excluding carboxylic acids is 1. The van der Waals surface area contributed by atoms with Crippen LogP contribution in [0, 0.1) is 5.82 Å². The van der Waals surface area contributed by atoms with Crippen molar-refractivity contribution in [3.63, 3.8) is 0 Å². The van der Waals surface area contributed by atoms with Crippen molar-refractivity contribution in [2.24, 2.45) is 0 Å². The zero-order valence-corrected chi connectivity index (χ0v) is 16.8. The predicted octanol–water partition coefficient (Wildman–Crippen LogP) is 6.11. The lowest BCUT2D eigenvalue weighted by molar-refractivity contribution is 0.0952. The lowest BCUT2D eigenvalue weighted by Crippen LogP contribution is -2.23. The summed E-state index contributed by atoms with van der Waals surface area (Å²) < 4.78 is 13.1. The number of halogens is 2. The zero-order chi connectivity index (χ0) is 20.2. The molecule has 1 heterocycles. The Morgan fingerprint density at radius 3 is 2.59 bits per heavy atom. The molecule has 0 bridgehead atoms. The van der Waals surface area contributed by atoms with Crippen molar-refractivity contribution >= 4 is 40.2 Å². The summed E-state index contributed by atoms with van der Waals surface area (Å²) in [6.07, 6.45) is 0. The van der Waals surface area contributed by atoms with Gasteiger partial charge in [-0.3, -0.25) is 4.79 Å². The summed E-state index contributed by atoms with van der Waals surface area (Å²) in [4.78, 5) is 18.5. The molecule has 0 saturated carbocycles. The molecule has 0 aliphatic heterocycles. The maximum Gasteiger partial charge on any atom is 0.252 e. The zero-order valence-electron chi connectivity index (χ0n) is 15.2. The fourth-order valence-corrected chi connectivity index (χ4v) is 4.07. The highest BCUT2D eigenvalue weighted by Crippen LogP contribution is 2.31. The lowest BCUT2D eigenvalue weighted by atomic mass is 10.1. The first kappa shape index (κ1) is 19.4. The van der Waals surface area contributed by atoms with Crippen LogP contribution in [0.4, 0.5) is 4.39 Å². The van der Waals surface area contributed by atoms with E-state index in [9.17, 15) is 9.18 Å². The molecule has 6 heteroatoms. The second-order valence-electron chi connectivity index (χ2n) is 6.39. The number of para-hydroxylation sites is 1. The van der Waals surface area contributed by atoms with Crippen molar-refractivity contribution in [1.82, 2.24) is 10.3 Å². The molecule has 1 aromatic heterocycles. The van der Waals surface area contributed by atoms with E-state index in [-0.39, 0.29) is 11.7 Å². The number of hydrogen-bond donors (Lipinski definition) is 1. The highest BCUT2D eigenvalue weighted by Gasteiger charge is 2.14. The SMILES string of the molecule is O=C(NCc1ccc(F)cc1)c1cc(Sc2cccc(Cl)c2)nc2ccccc12. The van der Waals surface area contributed by atoms with Crippen molar-refractivity contribution in [1.29, 1.82) is 0 Å². The first-order valence-electron chi connectivity index (χ1n) is 8.94. The Hall–Kier alpha value is -2.89. The maximum absolute atomic E-state index is 13.1. The molecular formula is C23H16ClFN2OS. The number of hydrogen-bond acceptors (Lipinski definition) is 3. The molecule has 1 N–H and O–H groups in total. The van der Waals surface area contributed by atoms with Gasteiger partial charge in [0.05, 0.1) is 11.1 Å². The molecule has 3 nitrogen and oxygen atoms in total. The van der Waals surface area contributed by atoms with Crippen LogP contribution < -0.4 is 5.32 Å². The molecule has 0 unspecified atom stereocenters. The lowest BCUT2D eigenvalue weighted by Gasteiger charge is -2.10. The van der Waals surface area contributed by atoms with Gasteiger partial charge in [0.25, 0.3) is 5.91 Å². The van der Waals surface area contributed by atoms with Gasteiger partial charge in [-0.15, -0.1) is 0 Å². The molecule has 1 amide bonds. The molecule has 0 saturated heterocycles. The molecule has 0 aliphatic carbocycles. The Labute approximate surface area is 176 Å². The highest BCUT2D eigenvalue weighted by atomic mass is 35.5. The molecule has 0 spiro atoms. The monoisotopic (exact) mass is 422 g/mol. The van der Waals surface area contributed by atoms with Gasteiger partial charge in [-0.05, 0) is 48.0 Å². The van der Waals surface area contributed by atoms with Crippen molar-refractivity contribution in [2.45, 2.75) is 16.5 Å². The Morgan fingerprint density at radius 2 is 1.79 bits per heavy atom. The molecule has 0 radical (unpaired) electrons. The molecule has 4 rings (SSSR count). The average molecular weight is 423 g/mol. The van der Waals surface area contributed by atoms with Crippen LogP contribution in [0.15, 0.2) is 88.8 Å². The quantitative estimate of drug-likeness (QED) is 0.422. The van der Waals surface area contributed by atoms with Crippen molar-refractivity contribution in [3.05, 3.63) is 101 Å². The minimum absolute atomic E-state index is 0.208. The van der Waals surface area contributed by atoms with E-state index in [1.807, 2.05) is 48.5 Å². The first-order chi connectivity index (χ1) is 14.1. The number of fused-ring (bicyclic) bond motifs is 1. The van der Waals surface area contributed by atoms with Gasteiger partial charge in [-0.1, -0.05) is 59.8 Å². The standard InChI is InChI=1S/C23H16ClFN2OS/c24-16-4-3-5-18(12-16)29-22-13-20(19-6-1-2-7-21(19)27-22)23(28)26-14-15-8-10-17(25)11-9-15/h1-13H,14H2,(H,26,28). The van der Waals surface area contributed by atoms with Crippen LogP contribution >= 0.6 is 23.4 Å². The summed E-state index contributed by atoms with van der Waals surface area (Å²) in [6.45, 7) is 0.312. The molecule has 3 aromatic carbocycles. The Bertz CT molecular complexity index is 1180. The molecule has 144 valence electrons. The van der Waals surface area contributed by atoms with Gasteiger partial charge in [-0.25, -0.2) is 9.37 Å². The fourth-order valence-electron chi connectivity index (χ4n) is 2.92. The van der Waals surface area contributed by atoms with Gasteiger partial charge in [0.2, 0.25) is 0 Å². The molecule has 0 fully saturated rings. The second kappa shape index (κ2) is 8.64. The first-order valence-corrected chi connectivity index (χ1v) is 10.1. The van der Waals surface area contributed by atoms with Crippen LogP contribution in [-0.2, 0) is 6.54 Å². The van der Waals surface area contributed by atoms with Crippen LogP contribution in [0.1, 0.15) is 15.9 Å². The third-order valence-corrected chi connectivity index (χ3v) is 5.47. The second-order valence-corrected chi connectivity index (χ2v) is 7.92. The van der Waals surface area contributed by atoms with E-state index in [1.165, 1.54) is 23.9 Å². The van der Waals surface area contributed by atoms with E-state index in [1.54, 1.807) is 18.2 Å². The third kappa shape index (κ3) is 4.75. The number of amides is 1. The van der Waals surface area contributed by atoms with Crippen molar-refractivity contribution < 1.29 is 9.18 Å². The van der Waals surface area contributed by atoms with E-state index in [4.69, 9.17) is 11.6 Å². The van der Waals surface area contributed by atoms with Crippen LogP contribution in [0.2, 0.25) is 5.02 Å². The number of benzene rings is 3. The van der Waals surface area contributed by atoms with Gasteiger partial charge in [0, 0.05) is 21.8 Å². The Balaban J connectivity index is 1.63. The predicted molar refractivity (Wildman–Crippen MR) is 115 cm³/mol. The largest absolute Gasteiger partial charge is 0.348 e. The van der Waals surface area contributed by atoms with Crippen LogP contribution in [0.25, 0.3) is 10.9 Å². The van der Waals surface area contributed by atoms with Crippen molar-refractivity contribution in [2.75, 3.05) is 0 Å². The molecule has 4 aromatic rings. The number of pyridine rings is 1. The summed E-state index contributed by atoms with van der Waals surface area (Å²) >= 11 is 7.52. The van der Waals surface area contributed by atoms with Crippen molar-refractivity contribution in [3.8, 4) is 0 Å². The van der Waals surface area contributed by atoms with Gasteiger partial charge >= 0.3 is 0 Å². The molecule has 0 atom stereocenters. The van der Waals surface area contributed by atoms with Gasteiger partial charge in [-0.2, -0.15) is 0 Å². The number of nitrogens with one attached hydrogen (secondary N) is 1. The summed E-state index contributed by atoms with van der Waals surface area (Å²) in [5.74, 6) is -0.510. The fraction of sp³-hybridized carbons (Fsp3) is 0.0435. The number of aromatic nitrogens is 1. The summed E-state index contributed by atoms with van der Waals surface area (Å²) in [5, 5.41) is 5.04. The minimum Gasteiger partial charge on any atom is -0.348 e. The van der Waals surface area contributed by atoms with E-state index < -0.39 is 0 Å². The number of carbonyl (C=O) groups is 1. The van der Waals surface area contributed by atoms with E-state index in [0.29, 0.717) is 22.2 Å². The Kier molecular flexibility index (Phi) is 5.79. The average Bonchev–Trinajstić information content (AvgIpc) is 2.72. The van der Waals surface area contributed by atoms with Gasteiger partial charge in [0.15, 0.2) is 0 Å². The summed E-state index contributed by atoms with van der Waals surface area (Å²) in [6, 6.07) is 22.9. The number of rotatable bonds is 5. The molecule has 29 heavy (non-hydrogen) atoms. The summed E-state index contributed by atoms with van der Waals surface area (Å²) in [5.41, 5.74) is 2.11. The van der Waals surface area contributed by atoms with Gasteiger partial charge < -0.3 is 5.32 Å². The summed E-state index contributed by atoms with van der Waals surface area (Å²) in [7, 11) is 0. The van der Waals surface area contributed by atoms with Crippen LogP contribution in [-0.4, -0.2) is 10.9 Å². The Morgan fingerprint density at radius 1 is 1.00 bits per heavy atom. The molecular weight excluding hydrogens is 407 g/mol. The van der Waals surface area contributed by atoms with E-state index in [0.717, 1.165) is 21.4 Å². The van der Waals surface area contributed by atoms with Gasteiger partial charge in [0.1, 0.15) is 10.8 Å². The topological polar surface area (TPSA) is 42.0 Å². The normalized spacial score (nSPS) is 10.8. The van der Waals surface area contributed by atoms with E-state index >= 15 is 0 Å². The van der Waals surface area contributed by atoms with Crippen LogP contribution in [0.3, 0.4) is 0 Å². The van der Waals surface area contributed by atoms with E-state index in [2.05, 4.69) is 10.3 Å². The maximum atomic E-state index is 13.1. The number of nitrogens with zero attached hydrogens (tertiary/aromatic N) is 1. The third-order valence-electron chi connectivity index (χ3n) is 4.32.